The number of hydrogen-bond donors (Lipinski definition) is 3. The van der Waals surface area contributed by atoms with Crippen molar-refractivity contribution in [2.24, 2.45) is 5.92 Å². The van der Waals surface area contributed by atoms with Crippen LogP contribution in [0.5, 0.6) is 0 Å². The fourth-order valence-electron chi connectivity index (χ4n) is 2.22. The van der Waals surface area contributed by atoms with E-state index in [0.29, 0.717) is 12.3 Å². The smallest absolute Gasteiger partial charge is 0.326 e. The molecule has 1 aliphatic rings. The summed E-state index contributed by atoms with van der Waals surface area (Å²) in [5.74, 6) is 0.223. The summed E-state index contributed by atoms with van der Waals surface area (Å²) < 4.78 is 0. The number of hydrogen-bond acceptors (Lipinski definition) is 3. The Kier molecular flexibility index (Phi) is 6.32. The molecule has 18 heavy (non-hydrogen) atoms. The molecule has 2 amide bonds. The van der Waals surface area contributed by atoms with Gasteiger partial charge in [-0.1, -0.05) is 13.3 Å². The second-order valence-electron chi connectivity index (χ2n) is 4.80. The summed E-state index contributed by atoms with van der Waals surface area (Å²) in [7, 11) is 0. The zero-order chi connectivity index (χ0) is 13.5. The van der Waals surface area contributed by atoms with Crippen molar-refractivity contribution < 1.29 is 14.7 Å². The van der Waals surface area contributed by atoms with Gasteiger partial charge in [0.25, 0.3) is 0 Å². The quantitative estimate of drug-likeness (QED) is 0.688. The van der Waals surface area contributed by atoms with E-state index in [1.54, 1.807) is 11.8 Å². The zero-order valence-corrected chi connectivity index (χ0v) is 11.8. The van der Waals surface area contributed by atoms with Crippen LogP contribution in [0.1, 0.15) is 32.6 Å². The van der Waals surface area contributed by atoms with Crippen molar-refractivity contribution in [1.82, 2.24) is 10.6 Å². The van der Waals surface area contributed by atoms with Crippen LogP contribution in [-0.2, 0) is 4.79 Å². The fraction of sp³-hybridized carbons (Fsp3) is 0.833. The van der Waals surface area contributed by atoms with E-state index in [-0.39, 0.29) is 12.1 Å². The fourth-order valence-corrected chi connectivity index (χ4v) is 2.69. The Bertz CT molecular complexity index is 299. The predicted octanol–water partition coefficient (Wildman–Crippen LogP) is 1.68. The summed E-state index contributed by atoms with van der Waals surface area (Å²) in [6.07, 6.45) is 5.60. The molecule has 1 saturated carbocycles. The van der Waals surface area contributed by atoms with E-state index in [2.05, 4.69) is 17.6 Å². The molecule has 2 unspecified atom stereocenters. The molecule has 6 heteroatoms. The summed E-state index contributed by atoms with van der Waals surface area (Å²) in [6.45, 7) is 2.11. The molecular weight excluding hydrogens is 252 g/mol. The van der Waals surface area contributed by atoms with Gasteiger partial charge < -0.3 is 15.7 Å². The van der Waals surface area contributed by atoms with Crippen LogP contribution in [0.2, 0.25) is 0 Å². The lowest BCUT2D eigenvalue weighted by atomic mass is 10.1. The molecule has 0 spiro atoms. The molecule has 0 radical (unpaired) electrons. The molecule has 3 N–H and O–H groups in total. The van der Waals surface area contributed by atoms with E-state index < -0.39 is 12.0 Å². The van der Waals surface area contributed by atoms with Crippen LogP contribution >= 0.6 is 11.8 Å². The van der Waals surface area contributed by atoms with Gasteiger partial charge in [-0.2, -0.15) is 11.8 Å². The maximum atomic E-state index is 11.7. The lowest BCUT2D eigenvalue weighted by Crippen LogP contribution is -2.49. The Morgan fingerprint density at radius 2 is 2.17 bits per heavy atom. The van der Waals surface area contributed by atoms with Gasteiger partial charge in [0, 0.05) is 6.04 Å². The Morgan fingerprint density at radius 3 is 2.67 bits per heavy atom. The molecule has 0 aromatic carbocycles. The van der Waals surface area contributed by atoms with Crippen molar-refractivity contribution >= 4 is 23.8 Å². The number of aliphatic carboxylic acids is 1. The number of carbonyl (C=O) groups is 2. The van der Waals surface area contributed by atoms with Crippen LogP contribution in [0.4, 0.5) is 4.79 Å². The minimum atomic E-state index is -0.973. The van der Waals surface area contributed by atoms with Crippen LogP contribution in [-0.4, -0.2) is 41.2 Å². The van der Waals surface area contributed by atoms with Gasteiger partial charge in [0.2, 0.25) is 0 Å². The third kappa shape index (κ3) is 4.76. The topological polar surface area (TPSA) is 78.4 Å². The highest BCUT2D eigenvalue weighted by Gasteiger charge is 2.26. The highest BCUT2D eigenvalue weighted by atomic mass is 32.2. The monoisotopic (exact) mass is 274 g/mol. The van der Waals surface area contributed by atoms with Gasteiger partial charge in [-0.3, -0.25) is 0 Å². The molecule has 3 atom stereocenters. The molecule has 5 nitrogen and oxygen atoms in total. The molecule has 0 saturated heterocycles. The van der Waals surface area contributed by atoms with Gasteiger partial charge in [-0.15, -0.1) is 0 Å². The van der Waals surface area contributed by atoms with E-state index in [4.69, 9.17) is 5.11 Å². The van der Waals surface area contributed by atoms with E-state index in [9.17, 15) is 9.59 Å². The zero-order valence-electron chi connectivity index (χ0n) is 10.9. The number of carbonyl (C=O) groups excluding carboxylic acids is 1. The molecule has 1 aliphatic carbocycles. The number of thioether (sulfide) groups is 1. The molecule has 0 aromatic rings. The van der Waals surface area contributed by atoms with Crippen LogP contribution in [0.15, 0.2) is 0 Å². The van der Waals surface area contributed by atoms with Crippen LogP contribution in [0.3, 0.4) is 0 Å². The first-order chi connectivity index (χ1) is 8.54. The largest absolute Gasteiger partial charge is 0.480 e. The van der Waals surface area contributed by atoms with Gasteiger partial charge in [0.15, 0.2) is 0 Å². The van der Waals surface area contributed by atoms with Crippen molar-refractivity contribution in [3.05, 3.63) is 0 Å². The molecule has 0 bridgehead atoms. The average molecular weight is 274 g/mol. The maximum Gasteiger partial charge on any atom is 0.326 e. The number of rotatable bonds is 6. The van der Waals surface area contributed by atoms with Crippen LogP contribution in [0, 0.1) is 5.92 Å². The first-order valence-electron chi connectivity index (χ1n) is 6.33. The van der Waals surface area contributed by atoms with E-state index in [0.717, 1.165) is 25.0 Å². The molecular formula is C12H22N2O3S. The van der Waals surface area contributed by atoms with Gasteiger partial charge in [0.05, 0.1) is 0 Å². The second kappa shape index (κ2) is 7.51. The molecule has 0 heterocycles. The highest BCUT2D eigenvalue weighted by molar-refractivity contribution is 7.98. The minimum Gasteiger partial charge on any atom is -0.480 e. The summed E-state index contributed by atoms with van der Waals surface area (Å²) in [6, 6.07) is -0.976. The van der Waals surface area contributed by atoms with Gasteiger partial charge in [-0.25, -0.2) is 9.59 Å². The van der Waals surface area contributed by atoms with Gasteiger partial charge in [0.1, 0.15) is 6.04 Å². The number of carboxylic acid groups (broad SMARTS) is 1. The number of carboxylic acids is 1. The lowest BCUT2D eigenvalue weighted by molar-refractivity contribution is -0.139. The van der Waals surface area contributed by atoms with Crippen molar-refractivity contribution in [3.63, 3.8) is 0 Å². The normalized spacial score (nSPS) is 24.6. The summed E-state index contributed by atoms with van der Waals surface area (Å²) >= 11 is 1.57. The van der Waals surface area contributed by atoms with Crippen molar-refractivity contribution in [3.8, 4) is 0 Å². The highest BCUT2D eigenvalue weighted by Crippen LogP contribution is 2.24. The molecule has 0 aliphatic heterocycles. The van der Waals surface area contributed by atoms with E-state index >= 15 is 0 Å². The Balaban J connectivity index is 2.38. The molecule has 1 fully saturated rings. The van der Waals surface area contributed by atoms with E-state index in [1.807, 2.05) is 6.26 Å². The Labute approximate surface area is 112 Å². The standard InChI is InChI=1S/C12H22N2O3S/c1-8-4-3-5-9(8)13-12(17)14-10(11(15)16)6-7-18-2/h8-10H,3-7H2,1-2H3,(H,15,16)(H2,13,14,17)/t8?,9?,10-/m1/s1. The van der Waals surface area contributed by atoms with Gasteiger partial charge >= 0.3 is 12.0 Å². The van der Waals surface area contributed by atoms with Crippen LogP contribution in [0.25, 0.3) is 0 Å². The van der Waals surface area contributed by atoms with Crippen LogP contribution < -0.4 is 10.6 Å². The van der Waals surface area contributed by atoms with Crippen molar-refractivity contribution in [1.29, 1.82) is 0 Å². The third-order valence-corrected chi connectivity index (χ3v) is 4.04. The first kappa shape index (κ1) is 15.1. The number of amides is 2. The summed E-state index contributed by atoms with van der Waals surface area (Å²) in [4.78, 5) is 22.7. The third-order valence-electron chi connectivity index (χ3n) is 3.39. The van der Waals surface area contributed by atoms with Gasteiger partial charge in [-0.05, 0) is 37.2 Å². The number of urea groups is 1. The Morgan fingerprint density at radius 1 is 1.44 bits per heavy atom. The molecule has 104 valence electrons. The van der Waals surface area contributed by atoms with Crippen molar-refractivity contribution in [2.45, 2.75) is 44.7 Å². The summed E-state index contributed by atoms with van der Waals surface area (Å²) in [5, 5.41) is 14.4. The summed E-state index contributed by atoms with van der Waals surface area (Å²) in [5.41, 5.74) is 0. The maximum absolute atomic E-state index is 11.7. The molecule has 0 aromatic heterocycles. The SMILES string of the molecule is CSCC[C@@H](NC(=O)NC1CCCC1C)C(=O)O. The first-order valence-corrected chi connectivity index (χ1v) is 7.72. The minimum absolute atomic E-state index is 0.181. The average Bonchev–Trinajstić information content (AvgIpc) is 2.70. The van der Waals surface area contributed by atoms with Crippen molar-refractivity contribution in [2.75, 3.05) is 12.0 Å². The lowest BCUT2D eigenvalue weighted by Gasteiger charge is -2.20. The Hall–Kier alpha value is -0.910. The number of nitrogens with one attached hydrogen (secondary N) is 2. The predicted molar refractivity (Wildman–Crippen MR) is 72.9 cm³/mol. The molecule has 1 rings (SSSR count). The second-order valence-corrected chi connectivity index (χ2v) is 5.79. The van der Waals surface area contributed by atoms with E-state index in [1.165, 1.54) is 0 Å².